The van der Waals surface area contributed by atoms with E-state index in [1.165, 1.54) is 37.7 Å². The Bertz CT molecular complexity index is 3520. The molecule has 0 amide bonds. The molecule has 0 saturated carbocycles. The number of rotatable bonds is 3. The summed E-state index contributed by atoms with van der Waals surface area (Å²) >= 11 is 0. The fourth-order valence-electron chi connectivity index (χ4n) is 8.44. The second-order valence-electron chi connectivity index (χ2n) is 14.1. The number of hydrogen-bond acceptors (Lipinski definition) is 4. The van der Waals surface area contributed by atoms with Gasteiger partial charge in [0.25, 0.3) is 0 Å². The first-order chi connectivity index (χ1) is 26.7. The first kappa shape index (κ1) is 29.3. The second kappa shape index (κ2) is 11.1. The summed E-state index contributed by atoms with van der Waals surface area (Å²) in [7, 11) is 0. The van der Waals surface area contributed by atoms with Gasteiger partial charge >= 0.3 is 0 Å². The Morgan fingerprint density at radius 3 is 1.89 bits per heavy atom. The molecule has 0 bridgehead atoms. The third kappa shape index (κ3) is 4.31. The Hall–Kier alpha value is -7.30. The number of hydrogen-bond donors (Lipinski definition) is 0. The van der Waals surface area contributed by atoms with Crippen LogP contribution in [0.4, 0.5) is 0 Å². The van der Waals surface area contributed by atoms with E-state index in [0.717, 1.165) is 71.8 Å². The fourth-order valence-corrected chi connectivity index (χ4v) is 8.44. The van der Waals surface area contributed by atoms with Crippen LogP contribution in [0.15, 0.2) is 179 Å². The molecule has 12 rings (SSSR count). The molecule has 0 aliphatic carbocycles. The van der Waals surface area contributed by atoms with E-state index in [2.05, 4.69) is 140 Å². The highest BCUT2D eigenvalue weighted by Gasteiger charge is 2.21. The maximum atomic E-state index is 6.56. The van der Waals surface area contributed by atoms with Gasteiger partial charge in [0.2, 0.25) is 0 Å². The molecule has 54 heavy (non-hydrogen) atoms. The Kier molecular flexibility index (Phi) is 6.02. The standard InChI is InChI=1S/C50H28N2O2/c1-2-10-31-26-32(17-16-29(31)8-1)33-19-25-40-45(28-33)53-44-15-7-13-42(46(40)44)50-51-47(49-48(52-50)41-12-5-6-14-43(41)54-49)35-21-22-37-34(27-35)20-24-38-36-11-4-3-9-30(36)18-23-39(37)38/h1-28H. The molecule has 0 spiro atoms. The van der Waals surface area contributed by atoms with Crippen LogP contribution in [0.25, 0.3) is 121 Å². The van der Waals surface area contributed by atoms with Gasteiger partial charge in [0.15, 0.2) is 11.4 Å². The molecule has 4 nitrogen and oxygen atoms in total. The topological polar surface area (TPSA) is 52.1 Å². The van der Waals surface area contributed by atoms with Crippen LogP contribution in [-0.4, -0.2) is 9.97 Å². The molecule has 0 N–H and O–H groups in total. The lowest BCUT2D eigenvalue weighted by Gasteiger charge is -2.10. The fraction of sp³-hybridized carbons (Fsp3) is 0. The summed E-state index contributed by atoms with van der Waals surface area (Å²) in [5.41, 5.74) is 8.78. The van der Waals surface area contributed by atoms with Crippen molar-refractivity contribution >= 4 is 87.1 Å². The highest BCUT2D eigenvalue weighted by atomic mass is 16.3. The van der Waals surface area contributed by atoms with Crippen LogP contribution in [-0.2, 0) is 0 Å². The molecule has 0 unspecified atom stereocenters. The van der Waals surface area contributed by atoms with E-state index in [1.54, 1.807) is 0 Å². The number of furan rings is 2. The quantitative estimate of drug-likeness (QED) is 0.173. The summed E-state index contributed by atoms with van der Waals surface area (Å²) in [5.74, 6) is 0.626. The summed E-state index contributed by atoms with van der Waals surface area (Å²) in [6.45, 7) is 0. The van der Waals surface area contributed by atoms with Crippen molar-refractivity contribution in [2.24, 2.45) is 0 Å². The first-order valence-corrected chi connectivity index (χ1v) is 18.2. The molecule has 4 heteroatoms. The molecule has 250 valence electrons. The normalized spacial score (nSPS) is 12.1. The Morgan fingerprint density at radius 1 is 0.352 bits per heavy atom. The van der Waals surface area contributed by atoms with Gasteiger partial charge in [-0.1, -0.05) is 127 Å². The summed E-state index contributed by atoms with van der Waals surface area (Å²) in [6.07, 6.45) is 0. The van der Waals surface area contributed by atoms with Crippen LogP contribution in [0.2, 0.25) is 0 Å². The Balaban J connectivity index is 1.06. The van der Waals surface area contributed by atoms with E-state index < -0.39 is 0 Å². The lowest BCUT2D eigenvalue weighted by Crippen LogP contribution is -1.94. The monoisotopic (exact) mass is 688 g/mol. The van der Waals surface area contributed by atoms with Gasteiger partial charge in [-0.3, -0.25) is 0 Å². The van der Waals surface area contributed by atoms with Gasteiger partial charge in [-0.15, -0.1) is 0 Å². The number of nitrogens with zero attached hydrogens (tertiary/aromatic N) is 2. The molecule has 0 fully saturated rings. The van der Waals surface area contributed by atoms with Gasteiger partial charge in [-0.2, -0.15) is 0 Å². The van der Waals surface area contributed by atoms with E-state index >= 15 is 0 Å². The van der Waals surface area contributed by atoms with Crippen molar-refractivity contribution in [2.75, 3.05) is 0 Å². The molecule has 0 aliphatic rings. The van der Waals surface area contributed by atoms with Crippen LogP contribution < -0.4 is 0 Å². The maximum Gasteiger partial charge on any atom is 0.180 e. The van der Waals surface area contributed by atoms with Crippen LogP contribution in [0.1, 0.15) is 0 Å². The van der Waals surface area contributed by atoms with Gasteiger partial charge < -0.3 is 8.83 Å². The van der Waals surface area contributed by atoms with Crippen molar-refractivity contribution in [2.45, 2.75) is 0 Å². The lowest BCUT2D eigenvalue weighted by molar-refractivity contribution is 0.667. The predicted molar refractivity (Wildman–Crippen MR) is 223 cm³/mol. The molecule has 3 heterocycles. The largest absolute Gasteiger partial charge is 0.456 e. The van der Waals surface area contributed by atoms with E-state index in [4.69, 9.17) is 18.8 Å². The van der Waals surface area contributed by atoms with E-state index in [1.807, 2.05) is 30.3 Å². The number of para-hydroxylation sites is 1. The summed E-state index contributed by atoms with van der Waals surface area (Å²) < 4.78 is 13.1. The molecule has 12 aromatic rings. The highest BCUT2D eigenvalue weighted by molar-refractivity contribution is 6.18. The smallest absolute Gasteiger partial charge is 0.180 e. The van der Waals surface area contributed by atoms with Gasteiger partial charge in [0, 0.05) is 27.3 Å². The van der Waals surface area contributed by atoms with Gasteiger partial charge in [-0.05, 0) is 96.7 Å². The molecule has 0 saturated heterocycles. The average Bonchev–Trinajstić information content (AvgIpc) is 3.81. The Morgan fingerprint density at radius 2 is 0.981 bits per heavy atom. The van der Waals surface area contributed by atoms with Crippen molar-refractivity contribution in [3.8, 4) is 33.8 Å². The second-order valence-corrected chi connectivity index (χ2v) is 14.1. The van der Waals surface area contributed by atoms with Gasteiger partial charge in [0.1, 0.15) is 28.0 Å². The number of benzene rings is 9. The predicted octanol–water partition coefficient (Wildman–Crippen LogP) is 13.9. The molecule has 0 aliphatic heterocycles. The third-order valence-electron chi connectivity index (χ3n) is 11.1. The lowest BCUT2D eigenvalue weighted by atomic mass is 9.95. The van der Waals surface area contributed by atoms with E-state index in [9.17, 15) is 0 Å². The van der Waals surface area contributed by atoms with Gasteiger partial charge in [0.05, 0.1) is 0 Å². The van der Waals surface area contributed by atoms with Gasteiger partial charge in [-0.25, -0.2) is 9.97 Å². The number of aromatic nitrogens is 2. The van der Waals surface area contributed by atoms with Crippen LogP contribution in [0.3, 0.4) is 0 Å². The molecule has 3 aromatic heterocycles. The van der Waals surface area contributed by atoms with Crippen molar-refractivity contribution in [1.82, 2.24) is 9.97 Å². The summed E-state index contributed by atoms with van der Waals surface area (Å²) in [5, 5.41) is 12.8. The average molecular weight is 689 g/mol. The van der Waals surface area contributed by atoms with E-state index in [0.29, 0.717) is 11.4 Å². The summed E-state index contributed by atoms with van der Waals surface area (Å²) in [4.78, 5) is 10.6. The minimum atomic E-state index is 0.626. The zero-order valence-electron chi connectivity index (χ0n) is 28.9. The Labute approximate surface area is 308 Å². The number of fused-ring (bicyclic) bond motifs is 12. The van der Waals surface area contributed by atoms with E-state index in [-0.39, 0.29) is 0 Å². The summed E-state index contributed by atoms with van der Waals surface area (Å²) in [6, 6.07) is 59.8. The first-order valence-electron chi connectivity index (χ1n) is 18.2. The SMILES string of the molecule is c1ccc2cc(-c3ccc4c(c3)oc3cccc(-c5nc(-c6ccc7c(ccc8c9ccccc9ccc78)c6)c6oc7ccccc7c6n5)c34)ccc2c1. The third-order valence-corrected chi connectivity index (χ3v) is 11.1. The van der Waals surface area contributed by atoms with Crippen LogP contribution >= 0.6 is 0 Å². The zero-order chi connectivity index (χ0) is 35.3. The zero-order valence-corrected chi connectivity index (χ0v) is 28.9. The molecular formula is C50H28N2O2. The minimum Gasteiger partial charge on any atom is -0.456 e. The van der Waals surface area contributed by atoms with Crippen molar-refractivity contribution in [3.63, 3.8) is 0 Å². The molecule has 0 atom stereocenters. The van der Waals surface area contributed by atoms with Crippen LogP contribution in [0, 0.1) is 0 Å². The van der Waals surface area contributed by atoms with Crippen molar-refractivity contribution in [1.29, 1.82) is 0 Å². The maximum absolute atomic E-state index is 6.56. The van der Waals surface area contributed by atoms with Crippen molar-refractivity contribution < 1.29 is 8.83 Å². The minimum absolute atomic E-state index is 0.626. The highest BCUT2D eigenvalue weighted by Crippen LogP contribution is 2.42. The molecule has 9 aromatic carbocycles. The molecule has 0 radical (unpaired) electrons. The van der Waals surface area contributed by atoms with Crippen molar-refractivity contribution in [3.05, 3.63) is 170 Å². The van der Waals surface area contributed by atoms with Crippen LogP contribution in [0.5, 0.6) is 0 Å². The molecular weight excluding hydrogens is 661 g/mol.